The fourth-order valence-electron chi connectivity index (χ4n) is 2.44. The van der Waals surface area contributed by atoms with E-state index in [1.54, 1.807) is 18.2 Å². The lowest BCUT2D eigenvalue weighted by Gasteiger charge is -2.06. The van der Waals surface area contributed by atoms with Gasteiger partial charge in [-0.25, -0.2) is 5.43 Å². The standard InChI is InChI=1S/C18H14N4O3/c1-12-9-16(15-7-2-3-8-17(15)20-12)18(23)21-19-11-13-5-4-6-14(10-13)22(24)25/h2-11H,1H3,(H,21,23). The topological polar surface area (TPSA) is 97.5 Å². The summed E-state index contributed by atoms with van der Waals surface area (Å²) in [6, 6.07) is 15.0. The zero-order valence-electron chi connectivity index (χ0n) is 13.3. The van der Waals surface area contributed by atoms with Gasteiger partial charge in [0.05, 0.1) is 22.2 Å². The van der Waals surface area contributed by atoms with Crippen LogP contribution in [0.3, 0.4) is 0 Å². The molecule has 0 unspecified atom stereocenters. The third-order valence-corrected chi connectivity index (χ3v) is 3.55. The summed E-state index contributed by atoms with van der Waals surface area (Å²) in [6.07, 6.45) is 1.36. The van der Waals surface area contributed by atoms with Crippen molar-refractivity contribution in [2.45, 2.75) is 6.92 Å². The highest BCUT2D eigenvalue weighted by Crippen LogP contribution is 2.18. The van der Waals surface area contributed by atoms with E-state index in [9.17, 15) is 14.9 Å². The van der Waals surface area contributed by atoms with Gasteiger partial charge in [0.1, 0.15) is 0 Å². The maximum absolute atomic E-state index is 12.4. The van der Waals surface area contributed by atoms with Crippen LogP contribution in [0.1, 0.15) is 21.6 Å². The summed E-state index contributed by atoms with van der Waals surface area (Å²) in [5.74, 6) is -0.372. The molecule has 1 aromatic heterocycles. The van der Waals surface area contributed by atoms with E-state index in [0.29, 0.717) is 11.1 Å². The van der Waals surface area contributed by atoms with Gasteiger partial charge < -0.3 is 0 Å². The number of nitrogens with zero attached hydrogens (tertiary/aromatic N) is 3. The van der Waals surface area contributed by atoms with Crippen LogP contribution in [0, 0.1) is 17.0 Å². The molecule has 0 radical (unpaired) electrons. The van der Waals surface area contributed by atoms with Crippen molar-refractivity contribution in [1.29, 1.82) is 0 Å². The molecule has 7 heteroatoms. The average Bonchev–Trinajstić information content (AvgIpc) is 2.61. The van der Waals surface area contributed by atoms with Gasteiger partial charge in [-0.2, -0.15) is 5.10 Å². The Bertz CT molecular complexity index is 999. The first kappa shape index (κ1) is 16.3. The molecule has 0 aliphatic rings. The number of benzene rings is 2. The molecular weight excluding hydrogens is 320 g/mol. The molecule has 3 rings (SSSR count). The van der Waals surface area contributed by atoms with Crippen LogP contribution in [0.25, 0.3) is 10.9 Å². The van der Waals surface area contributed by atoms with E-state index in [4.69, 9.17) is 0 Å². The number of aryl methyl sites for hydroxylation is 1. The van der Waals surface area contributed by atoms with Crippen molar-refractivity contribution < 1.29 is 9.72 Å². The average molecular weight is 334 g/mol. The zero-order valence-corrected chi connectivity index (χ0v) is 13.3. The number of fused-ring (bicyclic) bond motifs is 1. The van der Waals surface area contributed by atoms with Crippen LogP contribution < -0.4 is 5.43 Å². The van der Waals surface area contributed by atoms with Gasteiger partial charge in [-0.3, -0.25) is 19.9 Å². The number of rotatable bonds is 4. The van der Waals surface area contributed by atoms with Crippen molar-refractivity contribution in [3.8, 4) is 0 Å². The summed E-state index contributed by atoms with van der Waals surface area (Å²) < 4.78 is 0. The van der Waals surface area contributed by atoms with Gasteiger partial charge in [-0.15, -0.1) is 0 Å². The largest absolute Gasteiger partial charge is 0.272 e. The first-order chi connectivity index (χ1) is 12.0. The second-order valence-corrected chi connectivity index (χ2v) is 5.38. The van der Waals surface area contributed by atoms with Gasteiger partial charge in [0.25, 0.3) is 11.6 Å². The molecule has 0 aliphatic carbocycles. The number of nitro groups is 1. The summed E-state index contributed by atoms with van der Waals surface area (Å²) in [7, 11) is 0. The molecular formula is C18H14N4O3. The fourth-order valence-corrected chi connectivity index (χ4v) is 2.44. The van der Waals surface area contributed by atoms with Gasteiger partial charge in [-0.05, 0) is 19.1 Å². The highest BCUT2D eigenvalue weighted by atomic mass is 16.6. The zero-order chi connectivity index (χ0) is 17.8. The van der Waals surface area contributed by atoms with Crippen LogP contribution in [-0.4, -0.2) is 22.0 Å². The van der Waals surface area contributed by atoms with Crippen LogP contribution >= 0.6 is 0 Å². The number of aromatic nitrogens is 1. The van der Waals surface area contributed by atoms with Crippen molar-refractivity contribution in [2.24, 2.45) is 5.10 Å². The number of amides is 1. The highest BCUT2D eigenvalue weighted by Gasteiger charge is 2.11. The van der Waals surface area contributed by atoms with Crippen LogP contribution in [0.15, 0.2) is 59.7 Å². The molecule has 124 valence electrons. The molecule has 2 aromatic carbocycles. The lowest BCUT2D eigenvalue weighted by molar-refractivity contribution is -0.384. The van der Waals surface area contributed by atoms with E-state index in [1.807, 2.05) is 31.2 Å². The molecule has 0 aliphatic heterocycles. The Labute approximate surface area is 143 Å². The Morgan fingerprint density at radius 1 is 1.20 bits per heavy atom. The third kappa shape index (κ3) is 3.66. The van der Waals surface area contributed by atoms with Gasteiger partial charge in [-0.1, -0.05) is 30.3 Å². The minimum atomic E-state index is -0.484. The molecule has 0 spiro atoms. The van der Waals surface area contributed by atoms with E-state index in [0.717, 1.165) is 16.6 Å². The molecule has 0 saturated carbocycles. The Morgan fingerprint density at radius 2 is 2.00 bits per heavy atom. The maximum atomic E-state index is 12.4. The van der Waals surface area contributed by atoms with Gasteiger partial charge >= 0.3 is 0 Å². The van der Waals surface area contributed by atoms with Crippen LogP contribution in [0.2, 0.25) is 0 Å². The number of non-ortho nitro benzene ring substituents is 1. The summed E-state index contributed by atoms with van der Waals surface area (Å²) in [5.41, 5.74) is 4.86. The predicted molar refractivity (Wildman–Crippen MR) is 94.6 cm³/mol. The first-order valence-corrected chi connectivity index (χ1v) is 7.49. The SMILES string of the molecule is Cc1cc(C(=O)NN=Cc2cccc([N+](=O)[O-])c2)c2ccccc2n1. The minimum Gasteiger partial charge on any atom is -0.267 e. The van der Waals surface area contributed by atoms with Gasteiger partial charge in [0, 0.05) is 28.8 Å². The lowest BCUT2D eigenvalue weighted by Crippen LogP contribution is -2.18. The molecule has 1 N–H and O–H groups in total. The van der Waals surface area contributed by atoms with E-state index in [2.05, 4.69) is 15.5 Å². The summed E-state index contributed by atoms with van der Waals surface area (Å²) in [6.45, 7) is 1.82. The second kappa shape index (κ2) is 6.88. The summed E-state index contributed by atoms with van der Waals surface area (Å²) in [4.78, 5) is 27.1. The van der Waals surface area contributed by atoms with E-state index < -0.39 is 4.92 Å². The number of nitrogens with one attached hydrogen (secondary N) is 1. The Hall–Kier alpha value is -3.61. The van der Waals surface area contributed by atoms with Gasteiger partial charge in [0.2, 0.25) is 0 Å². The minimum absolute atomic E-state index is 0.0361. The number of carbonyl (C=O) groups excluding carboxylic acids is 1. The van der Waals surface area contributed by atoms with Crippen LogP contribution in [-0.2, 0) is 0 Å². The summed E-state index contributed by atoms with van der Waals surface area (Å²) >= 11 is 0. The Morgan fingerprint density at radius 3 is 2.80 bits per heavy atom. The first-order valence-electron chi connectivity index (χ1n) is 7.49. The van der Waals surface area contributed by atoms with E-state index >= 15 is 0 Å². The van der Waals surface area contributed by atoms with Crippen LogP contribution in [0.4, 0.5) is 5.69 Å². The summed E-state index contributed by atoms with van der Waals surface area (Å²) in [5, 5.41) is 15.4. The van der Waals surface area contributed by atoms with Crippen molar-refractivity contribution in [2.75, 3.05) is 0 Å². The molecule has 3 aromatic rings. The number of pyridine rings is 1. The molecule has 0 fully saturated rings. The fraction of sp³-hybridized carbons (Fsp3) is 0.0556. The highest BCUT2D eigenvalue weighted by molar-refractivity contribution is 6.06. The molecule has 25 heavy (non-hydrogen) atoms. The number of hydrazone groups is 1. The number of hydrogen-bond acceptors (Lipinski definition) is 5. The molecule has 0 atom stereocenters. The quantitative estimate of drug-likeness (QED) is 0.450. The maximum Gasteiger partial charge on any atom is 0.272 e. The number of carbonyl (C=O) groups is 1. The molecule has 7 nitrogen and oxygen atoms in total. The number of nitro benzene ring substituents is 1. The van der Waals surface area contributed by atoms with E-state index in [-0.39, 0.29) is 11.6 Å². The molecule has 0 bridgehead atoms. The van der Waals surface area contributed by atoms with Crippen molar-refractivity contribution >= 4 is 28.7 Å². The van der Waals surface area contributed by atoms with Crippen LogP contribution in [0.5, 0.6) is 0 Å². The van der Waals surface area contributed by atoms with Crippen molar-refractivity contribution in [3.63, 3.8) is 0 Å². The molecule has 0 saturated heterocycles. The second-order valence-electron chi connectivity index (χ2n) is 5.38. The number of para-hydroxylation sites is 1. The molecule has 1 heterocycles. The van der Waals surface area contributed by atoms with E-state index in [1.165, 1.54) is 18.3 Å². The third-order valence-electron chi connectivity index (χ3n) is 3.55. The number of hydrogen-bond donors (Lipinski definition) is 1. The Kier molecular flexibility index (Phi) is 4.47. The van der Waals surface area contributed by atoms with Crippen molar-refractivity contribution in [3.05, 3.63) is 81.5 Å². The smallest absolute Gasteiger partial charge is 0.267 e. The lowest BCUT2D eigenvalue weighted by atomic mass is 10.1. The Balaban J connectivity index is 1.81. The predicted octanol–water partition coefficient (Wildman–Crippen LogP) is 3.22. The normalized spacial score (nSPS) is 10.9. The van der Waals surface area contributed by atoms with Crippen molar-refractivity contribution in [1.82, 2.24) is 10.4 Å². The van der Waals surface area contributed by atoms with Gasteiger partial charge in [0.15, 0.2) is 0 Å². The monoisotopic (exact) mass is 334 g/mol. The molecule has 1 amide bonds.